The van der Waals surface area contributed by atoms with E-state index >= 15 is 0 Å². The van der Waals surface area contributed by atoms with E-state index in [2.05, 4.69) is 12.2 Å². The van der Waals surface area contributed by atoms with Gasteiger partial charge in [-0.25, -0.2) is 0 Å². The predicted molar refractivity (Wildman–Crippen MR) is 93.7 cm³/mol. The Kier molecular flexibility index (Phi) is 6.90. The van der Waals surface area contributed by atoms with Gasteiger partial charge in [-0.15, -0.1) is 0 Å². The lowest BCUT2D eigenvalue weighted by Gasteiger charge is -2.29. The van der Waals surface area contributed by atoms with Gasteiger partial charge in [-0.2, -0.15) is 0 Å². The number of nitrogens with zero attached hydrogens (tertiary/aromatic N) is 1. The fraction of sp³-hybridized carbons (Fsp3) is 0.632. The molecule has 4 heteroatoms. The van der Waals surface area contributed by atoms with E-state index in [1.165, 1.54) is 12.8 Å². The van der Waals surface area contributed by atoms with Crippen LogP contribution in [0.4, 0.5) is 0 Å². The fourth-order valence-electron chi connectivity index (χ4n) is 3.15. The number of hydrogen-bond acceptors (Lipinski definition) is 3. The molecular weight excluding hydrogens is 288 g/mol. The quantitative estimate of drug-likeness (QED) is 0.840. The maximum atomic E-state index is 12.4. The monoisotopic (exact) mass is 318 g/mol. The molecule has 1 fully saturated rings. The Morgan fingerprint density at radius 3 is 2.74 bits per heavy atom. The van der Waals surface area contributed by atoms with Crippen molar-refractivity contribution in [1.82, 2.24) is 10.2 Å². The van der Waals surface area contributed by atoms with Crippen molar-refractivity contribution < 1.29 is 9.53 Å². The normalized spacial score (nSPS) is 16.8. The number of hydrogen-bond donors (Lipinski definition) is 1. The predicted octanol–water partition coefficient (Wildman–Crippen LogP) is 2.86. The summed E-state index contributed by atoms with van der Waals surface area (Å²) < 4.78 is 5.78. The number of piperidine rings is 1. The van der Waals surface area contributed by atoms with Crippen LogP contribution in [-0.2, 0) is 4.79 Å². The van der Waals surface area contributed by atoms with Gasteiger partial charge in [0.25, 0.3) is 0 Å². The van der Waals surface area contributed by atoms with Crippen LogP contribution in [0.25, 0.3) is 0 Å². The van der Waals surface area contributed by atoms with Crippen LogP contribution in [0.1, 0.15) is 31.7 Å². The summed E-state index contributed by atoms with van der Waals surface area (Å²) in [5.74, 6) is 2.27. The van der Waals surface area contributed by atoms with Crippen molar-refractivity contribution in [2.45, 2.75) is 33.1 Å². The van der Waals surface area contributed by atoms with Gasteiger partial charge in [0.05, 0.1) is 6.54 Å². The minimum Gasteiger partial charge on any atom is -0.491 e. The van der Waals surface area contributed by atoms with Crippen LogP contribution < -0.4 is 10.1 Å². The highest BCUT2D eigenvalue weighted by molar-refractivity contribution is 5.76. The number of likely N-dealkylation sites (N-methyl/N-ethyl adjacent to an activating group) is 1. The molecule has 1 aromatic carbocycles. The molecule has 1 aromatic rings. The van der Waals surface area contributed by atoms with Gasteiger partial charge in [0.1, 0.15) is 12.4 Å². The van der Waals surface area contributed by atoms with Crippen molar-refractivity contribution in [2.24, 2.45) is 11.8 Å². The number of nitrogens with one attached hydrogen (secondary N) is 1. The first-order valence-corrected chi connectivity index (χ1v) is 8.71. The smallest absolute Gasteiger partial charge is 0.222 e. The summed E-state index contributed by atoms with van der Waals surface area (Å²) in [6, 6.07) is 7.97. The van der Waals surface area contributed by atoms with E-state index in [9.17, 15) is 4.79 Å². The van der Waals surface area contributed by atoms with E-state index in [1.807, 2.05) is 38.2 Å². The van der Waals surface area contributed by atoms with Gasteiger partial charge in [0, 0.05) is 13.5 Å². The molecule has 0 saturated carbocycles. The van der Waals surface area contributed by atoms with Gasteiger partial charge in [-0.05, 0) is 56.3 Å². The molecule has 0 aliphatic carbocycles. The largest absolute Gasteiger partial charge is 0.491 e. The molecule has 23 heavy (non-hydrogen) atoms. The van der Waals surface area contributed by atoms with Gasteiger partial charge in [-0.3, -0.25) is 4.79 Å². The van der Waals surface area contributed by atoms with Crippen molar-refractivity contribution >= 4 is 5.91 Å². The Labute approximate surface area is 140 Å². The molecule has 2 rings (SSSR count). The van der Waals surface area contributed by atoms with Gasteiger partial charge < -0.3 is 15.0 Å². The van der Waals surface area contributed by atoms with Crippen LogP contribution in [0.15, 0.2) is 24.3 Å². The third-order valence-electron chi connectivity index (χ3n) is 4.89. The number of carbonyl (C=O) groups is 1. The average Bonchev–Trinajstić information content (AvgIpc) is 2.57. The summed E-state index contributed by atoms with van der Waals surface area (Å²) in [7, 11) is 1.87. The van der Waals surface area contributed by atoms with Crippen molar-refractivity contribution in [3.8, 4) is 5.75 Å². The van der Waals surface area contributed by atoms with E-state index in [1.54, 1.807) is 4.90 Å². The second-order valence-corrected chi connectivity index (χ2v) is 6.70. The molecule has 1 unspecified atom stereocenters. The third-order valence-corrected chi connectivity index (χ3v) is 4.89. The summed E-state index contributed by atoms with van der Waals surface area (Å²) in [6.07, 6.45) is 3.02. The van der Waals surface area contributed by atoms with E-state index in [0.29, 0.717) is 31.4 Å². The van der Waals surface area contributed by atoms with Gasteiger partial charge in [-0.1, -0.05) is 25.1 Å². The molecule has 1 amide bonds. The summed E-state index contributed by atoms with van der Waals surface area (Å²) in [5.41, 5.74) is 1.13. The minimum atomic E-state index is 0.226. The Morgan fingerprint density at radius 1 is 1.35 bits per heavy atom. The lowest BCUT2D eigenvalue weighted by Crippen LogP contribution is -2.35. The second-order valence-electron chi connectivity index (χ2n) is 6.70. The van der Waals surface area contributed by atoms with Crippen LogP contribution in [0.5, 0.6) is 5.75 Å². The van der Waals surface area contributed by atoms with Gasteiger partial charge >= 0.3 is 0 Å². The molecule has 0 aromatic heterocycles. The van der Waals surface area contributed by atoms with Crippen molar-refractivity contribution in [3.05, 3.63) is 29.8 Å². The molecule has 0 spiro atoms. The first-order valence-electron chi connectivity index (χ1n) is 8.71. The summed E-state index contributed by atoms with van der Waals surface area (Å²) in [4.78, 5) is 14.2. The van der Waals surface area contributed by atoms with Crippen LogP contribution >= 0.6 is 0 Å². The molecule has 4 nitrogen and oxygen atoms in total. The standard InChI is InChI=1S/C19H30N2O2/c1-15-6-4-5-7-18(15)23-13-12-21(3)19(22)14-16(2)17-8-10-20-11-9-17/h4-7,16-17,20H,8-14H2,1-3H3. The molecule has 0 bridgehead atoms. The van der Waals surface area contributed by atoms with Crippen LogP contribution in [0.3, 0.4) is 0 Å². The lowest BCUT2D eigenvalue weighted by atomic mass is 9.84. The number of amides is 1. The Balaban J connectivity index is 1.71. The van der Waals surface area contributed by atoms with Gasteiger partial charge in [0.2, 0.25) is 5.91 Å². The zero-order chi connectivity index (χ0) is 16.7. The fourth-order valence-corrected chi connectivity index (χ4v) is 3.15. The highest BCUT2D eigenvalue weighted by Crippen LogP contribution is 2.24. The van der Waals surface area contributed by atoms with Crippen LogP contribution in [0, 0.1) is 18.8 Å². The molecule has 0 radical (unpaired) electrons. The van der Waals surface area contributed by atoms with E-state index in [-0.39, 0.29) is 5.91 Å². The number of ether oxygens (including phenoxy) is 1. The number of carbonyl (C=O) groups excluding carboxylic acids is 1. The molecule has 128 valence electrons. The maximum Gasteiger partial charge on any atom is 0.222 e. The lowest BCUT2D eigenvalue weighted by molar-refractivity contribution is -0.131. The zero-order valence-corrected chi connectivity index (χ0v) is 14.7. The van der Waals surface area contributed by atoms with Crippen molar-refractivity contribution in [3.63, 3.8) is 0 Å². The van der Waals surface area contributed by atoms with E-state index in [0.717, 1.165) is 24.4 Å². The summed E-state index contributed by atoms with van der Waals surface area (Å²) in [6.45, 7) is 7.59. The Morgan fingerprint density at radius 2 is 2.04 bits per heavy atom. The van der Waals surface area contributed by atoms with E-state index in [4.69, 9.17) is 4.74 Å². The van der Waals surface area contributed by atoms with Crippen LogP contribution in [0.2, 0.25) is 0 Å². The first-order chi connectivity index (χ1) is 11.1. The Hall–Kier alpha value is -1.55. The minimum absolute atomic E-state index is 0.226. The number of rotatable bonds is 7. The van der Waals surface area contributed by atoms with E-state index < -0.39 is 0 Å². The molecule has 1 aliphatic rings. The molecule has 1 aliphatic heterocycles. The molecule has 1 heterocycles. The van der Waals surface area contributed by atoms with Gasteiger partial charge in [0.15, 0.2) is 0 Å². The molecular formula is C19H30N2O2. The number of benzene rings is 1. The average molecular weight is 318 g/mol. The van der Waals surface area contributed by atoms with Crippen LogP contribution in [-0.4, -0.2) is 44.1 Å². The highest BCUT2D eigenvalue weighted by atomic mass is 16.5. The summed E-state index contributed by atoms with van der Waals surface area (Å²) >= 11 is 0. The SMILES string of the molecule is Cc1ccccc1OCCN(C)C(=O)CC(C)C1CCNCC1. The van der Waals surface area contributed by atoms with Crippen molar-refractivity contribution in [1.29, 1.82) is 0 Å². The number of para-hydroxylation sites is 1. The number of aryl methyl sites for hydroxylation is 1. The topological polar surface area (TPSA) is 41.6 Å². The Bertz CT molecular complexity index is 498. The molecule has 1 saturated heterocycles. The summed E-state index contributed by atoms with van der Waals surface area (Å²) in [5, 5.41) is 3.38. The highest BCUT2D eigenvalue weighted by Gasteiger charge is 2.23. The molecule has 1 atom stereocenters. The van der Waals surface area contributed by atoms with Crippen molar-refractivity contribution in [2.75, 3.05) is 33.3 Å². The third kappa shape index (κ3) is 5.54. The molecule has 1 N–H and O–H groups in total. The first kappa shape index (κ1) is 17.8. The maximum absolute atomic E-state index is 12.4. The second kappa shape index (κ2) is 8.92. The zero-order valence-electron chi connectivity index (χ0n) is 14.7.